The molecule has 2 amide bonds. The summed E-state index contributed by atoms with van der Waals surface area (Å²) in [6.45, 7) is 1.39. The Balaban J connectivity index is 1.81. The lowest BCUT2D eigenvalue weighted by atomic mass is 10.1. The molecule has 0 radical (unpaired) electrons. The lowest BCUT2D eigenvalue weighted by molar-refractivity contribution is -0.117. The van der Waals surface area contributed by atoms with Crippen LogP contribution in [-0.4, -0.2) is 26.3 Å². The second kappa shape index (κ2) is 10.2. The molecular weight excluding hydrogens is 433 g/mol. The molecule has 0 saturated carbocycles. The molecule has 1 atom stereocenters. The molecule has 9 heteroatoms. The normalized spacial score (nSPS) is 12.1. The number of rotatable bonds is 8. The first-order valence-electron chi connectivity index (χ1n) is 9.73. The molecule has 0 unspecified atom stereocenters. The van der Waals surface area contributed by atoms with Crippen LogP contribution in [0.4, 0.5) is 15.8 Å². The largest absolute Gasteiger partial charge is 0.326 e. The molecule has 3 aromatic rings. The maximum Gasteiger partial charge on any atom is 0.242 e. The molecule has 3 rings (SSSR count). The van der Waals surface area contributed by atoms with E-state index in [0.717, 1.165) is 29.8 Å². The quantitative estimate of drug-likeness (QED) is 0.485. The summed E-state index contributed by atoms with van der Waals surface area (Å²) >= 11 is 0. The summed E-state index contributed by atoms with van der Waals surface area (Å²) in [7, 11) is -4.08. The van der Waals surface area contributed by atoms with Crippen molar-refractivity contribution in [2.24, 2.45) is 0 Å². The van der Waals surface area contributed by atoms with E-state index in [4.69, 9.17) is 0 Å². The predicted molar refractivity (Wildman–Crippen MR) is 120 cm³/mol. The number of hydrogen-bond acceptors (Lipinski definition) is 4. The molecule has 166 valence electrons. The van der Waals surface area contributed by atoms with Gasteiger partial charge in [-0.25, -0.2) is 12.8 Å². The smallest absolute Gasteiger partial charge is 0.242 e. The summed E-state index contributed by atoms with van der Waals surface area (Å²) in [6, 6.07) is 18.6. The molecular formula is C23H22FN3O4S. The molecule has 0 aliphatic heterocycles. The fourth-order valence-electron chi connectivity index (χ4n) is 2.98. The number of hydrogen-bond donors (Lipinski definition) is 3. The number of amides is 2. The first kappa shape index (κ1) is 23.1. The Bertz CT molecular complexity index is 1180. The molecule has 0 aromatic heterocycles. The van der Waals surface area contributed by atoms with E-state index in [1.807, 2.05) is 6.07 Å². The van der Waals surface area contributed by atoms with E-state index in [-0.39, 0.29) is 17.2 Å². The van der Waals surface area contributed by atoms with Crippen LogP contribution in [0.2, 0.25) is 0 Å². The van der Waals surface area contributed by atoms with E-state index >= 15 is 0 Å². The zero-order chi connectivity index (χ0) is 23.1. The Hall–Kier alpha value is -3.56. The fraction of sp³-hybridized carbons (Fsp3) is 0.130. The number of carbonyl (C=O) groups excluding carboxylic acids is 2. The van der Waals surface area contributed by atoms with Crippen molar-refractivity contribution in [3.63, 3.8) is 0 Å². The Morgan fingerprint density at radius 1 is 0.844 bits per heavy atom. The summed E-state index contributed by atoms with van der Waals surface area (Å²) in [5.74, 6) is -1.35. The number of halogens is 1. The van der Waals surface area contributed by atoms with Gasteiger partial charge in [-0.05, 0) is 60.5 Å². The Morgan fingerprint density at radius 3 is 1.97 bits per heavy atom. The fourth-order valence-corrected chi connectivity index (χ4v) is 4.17. The van der Waals surface area contributed by atoms with Gasteiger partial charge in [0.05, 0.1) is 4.90 Å². The van der Waals surface area contributed by atoms with Crippen LogP contribution in [0.5, 0.6) is 0 Å². The summed E-state index contributed by atoms with van der Waals surface area (Å²) in [5.41, 5.74) is 1.76. The lowest BCUT2D eigenvalue weighted by Gasteiger charge is -2.19. The van der Waals surface area contributed by atoms with Crippen LogP contribution in [0.15, 0.2) is 83.8 Å². The Kier molecular flexibility index (Phi) is 7.34. The van der Waals surface area contributed by atoms with Gasteiger partial charge in [0.15, 0.2) is 0 Å². The van der Waals surface area contributed by atoms with Crippen molar-refractivity contribution in [3.8, 4) is 0 Å². The monoisotopic (exact) mass is 455 g/mol. The average molecular weight is 456 g/mol. The standard InChI is InChI=1S/C23H22FN3O4S/c1-16(28)25-19-9-11-20(12-10-19)26-23(29)22(15-17-5-3-2-4-6-17)27-32(30,31)21-13-7-18(24)8-14-21/h2-14,22,27H,15H2,1H3,(H,25,28)(H,26,29)/t22-/m1/s1. The first-order valence-corrected chi connectivity index (χ1v) is 11.2. The van der Waals surface area contributed by atoms with Gasteiger partial charge in [0, 0.05) is 18.3 Å². The van der Waals surface area contributed by atoms with Crippen LogP contribution in [0.1, 0.15) is 12.5 Å². The highest BCUT2D eigenvalue weighted by Crippen LogP contribution is 2.16. The molecule has 0 spiro atoms. The minimum atomic E-state index is -4.08. The van der Waals surface area contributed by atoms with Gasteiger partial charge in [0.1, 0.15) is 11.9 Å². The van der Waals surface area contributed by atoms with Gasteiger partial charge < -0.3 is 10.6 Å². The molecule has 0 fully saturated rings. The minimum Gasteiger partial charge on any atom is -0.326 e. The Labute approximate surface area is 185 Å². The highest BCUT2D eigenvalue weighted by molar-refractivity contribution is 7.89. The van der Waals surface area contributed by atoms with Gasteiger partial charge in [-0.1, -0.05) is 30.3 Å². The minimum absolute atomic E-state index is 0.108. The van der Waals surface area contributed by atoms with E-state index in [1.54, 1.807) is 48.5 Å². The first-order chi connectivity index (χ1) is 15.2. The van der Waals surface area contributed by atoms with Gasteiger partial charge in [0.25, 0.3) is 0 Å². The van der Waals surface area contributed by atoms with Crippen LogP contribution in [-0.2, 0) is 26.0 Å². The number of anilines is 2. The van der Waals surface area contributed by atoms with E-state index in [9.17, 15) is 22.4 Å². The molecule has 0 saturated heterocycles. The average Bonchev–Trinajstić information content (AvgIpc) is 2.75. The van der Waals surface area contributed by atoms with Gasteiger partial charge in [-0.2, -0.15) is 4.72 Å². The topological polar surface area (TPSA) is 104 Å². The lowest BCUT2D eigenvalue weighted by Crippen LogP contribution is -2.45. The second-order valence-corrected chi connectivity index (χ2v) is 8.78. The predicted octanol–water partition coefficient (Wildman–Crippen LogP) is 3.31. The summed E-state index contributed by atoms with van der Waals surface area (Å²) in [6.07, 6.45) is 0.108. The molecule has 0 bridgehead atoms. The molecule has 3 aromatic carbocycles. The van der Waals surface area contributed by atoms with E-state index in [1.165, 1.54) is 6.92 Å². The van der Waals surface area contributed by atoms with E-state index < -0.39 is 27.8 Å². The molecule has 0 heterocycles. The van der Waals surface area contributed by atoms with Crippen LogP contribution in [0.25, 0.3) is 0 Å². The van der Waals surface area contributed by atoms with Crippen molar-refractivity contribution in [1.29, 1.82) is 0 Å². The van der Waals surface area contributed by atoms with Gasteiger partial charge in [-0.15, -0.1) is 0 Å². The summed E-state index contributed by atoms with van der Waals surface area (Å²) in [5, 5.41) is 5.31. The summed E-state index contributed by atoms with van der Waals surface area (Å²) in [4.78, 5) is 24.0. The van der Waals surface area contributed by atoms with Gasteiger partial charge in [-0.3, -0.25) is 9.59 Å². The van der Waals surface area contributed by atoms with Crippen LogP contribution >= 0.6 is 0 Å². The SMILES string of the molecule is CC(=O)Nc1ccc(NC(=O)[C@@H](Cc2ccccc2)NS(=O)(=O)c2ccc(F)cc2)cc1. The van der Waals surface area contributed by atoms with Crippen molar-refractivity contribution in [2.75, 3.05) is 10.6 Å². The molecule has 32 heavy (non-hydrogen) atoms. The van der Waals surface area contributed by atoms with Crippen molar-refractivity contribution in [3.05, 3.63) is 90.2 Å². The van der Waals surface area contributed by atoms with E-state index in [0.29, 0.717) is 11.4 Å². The molecule has 3 N–H and O–H groups in total. The molecule has 0 aliphatic carbocycles. The zero-order valence-electron chi connectivity index (χ0n) is 17.2. The highest BCUT2D eigenvalue weighted by Gasteiger charge is 2.26. The number of sulfonamides is 1. The second-order valence-electron chi connectivity index (χ2n) is 7.07. The third-order valence-corrected chi connectivity index (χ3v) is 5.98. The zero-order valence-corrected chi connectivity index (χ0v) is 18.0. The van der Waals surface area contributed by atoms with Crippen molar-refractivity contribution in [2.45, 2.75) is 24.3 Å². The molecule has 0 aliphatic rings. The van der Waals surface area contributed by atoms with Crippen molar-refractivity contribution in [1.82, 2.24) is 4.72 Å². The van der Waals surface area contributed by atoms with Crippen LogP contribution < -0.4 is 15.4 Å². The van der Waals surface area contributed by atoms with Crippen molar-refractivity contribution < 1.29 is 22.4 Å². The third kappa shape index (κ3) is 6.47. The van der Waals surface area contributed by atoms with Crippen molar-refractivity contribution >= 4 is 33.2 Å². The van der Waals surface area contributed by atoms with Crippen LogP contribution in [0, 0.1) is 5.82 Å². The summed E-state index contributed by atoms with van der Waals surface area (Å²) < 4.78 is 41.2. The third-order valence-electron chi connectivity index (χ3n) is 4.49. The highest BCUT2D eigenvalue weighted by atomic mass is 32.2. The van der Waals surface area contributed by atoms with E-state index in [2.05, 4.69) is 15.4 Å². The number of nitrogens with one attached hydrogen (secondary N) is 3. The Morgan fingerprint density at radius 2 is 1.41 bits per heavy atom. The van der Waals surface area contributed by atoms with Gasteiger partial charge in [0.2, 0.25) is 21.8 Å². The number of carbonyl (C=O) groups is 2. The molecule has 7 nitrogen and oxygen atoms in total. The van der Waals surface area contributed by atoms with Crippen LogP contribution in [0.3, 0.4) is 0 Å². The number of benzene rings is 3. The van der Waals surface area contributed by atoms with Gasteiger partial charge >= 0.3 is 0 Å². The maximum atomic E-state index is 13.2. The maximum absolute atomic E-state index is 13.2.